The van der Waals surface area contributed by atoms with E-state index in [1.54, 1.807) is 18.2 Å². The molecule has 0 radical (unpaired) electrons. The fourth-order valence-electron chi connectivity index (χ4n) is 2.09. The number of carbonyl (C=O) groups excluding carboxylic acids is 1. The van der Waals surface area contributed by atoms with Crippen LogP contribution in [0.3, 0.4) is 0 Å². The van der Waals surface area contributed by atoms with E-state index < -0.39 is 5.91 Å². The summed E-state index contributed by atoms with van der Waals surface area (Å²) < 4.78 is 1.34. The zero-order valence-corrected chi connectivity index (χ0v) is 13.2. The maximum Gasteiger partial charge on any atom is 0.269 e. The van der Waals surface area contributed by atoms with Crippen molar-refractivity contribution in [1.82, 2.24) is 14.5 Å². The molecule has 0 fully saturated rings. The summed E-state index contributed by atoms with van der Waals surface area (Å²) in [6, 6.07) is 8.52. The molecule has 3 rings (SSSR count). The fourth-order valence-corrected chi connectivity index (χ4v) is 2.34. The molecule has 1 aromatic carbocycles. The Hall–Kier alpha value is -2.44. The molecule has 2 heterocycles. The minimum atomic E-state index is -0.408. The van der Waals surface area contributed by atoms with Crippen LogP contribution in [0.5, 0.6) is 0 Å². The number of nitrogens with zero attached hydrogens (tertiary/aromatic N) is 3. The maximum atomic E-state index is 12.2. The average molecular weight is 349 g/mol. The Kier molecular flexibility index (Phi) is 4.27. The van der Waals surface area contributed by atoms with Crippen LogP contribution in [0.2, 0.25) is 10.0 Å². The number of hydrogen-bond donors (Lipinski definition) is 1. The largest absolute Gasteiger partial charge is 0.309 e. The Bertz CT molecular complexity index is 956. The lowest BCUT2D eigenvalue weighted by molar-refractivity contribution is -0.116. The van der Waals surface area contributed by atoms with Gasteiger partial charge in [0.1, 0.15) is 12.4 Å². The molecule has 0 bridgehead atoms. The van der Waals surface area contributed by atoms with Gasteiger partial charge >= 0.3 is 0 Å². The van der Waals surface area contributed by atoms with Crippen molar-refractivity contribution in [3.63, 3.8) is 0 Å². The van der Waals surface area contributed by atoms with Crippen molar-refractivity contribution in [2.75, 3.05) is 5.32 Å². The predicted molar refractivity (Wildman–Crippen MR) is 88.9 cm³/mol. The van der Waals surface area contributed by atoms with Crippen LogP contribution in [0.4, 0.5) is 5.82 Å². The van der Waals surface area contributed by atoms with E-state index in [4.69, 9.17) is 23.2 Å². The topological polar surface area (TPSA) is 76.9 Å². The Labute approximate surface area is 140 Å². The summed E-state index contributed by atoms with van der Waals surface area (Å²) in [5.74, 6) is -0.148. The van der Waals surface area contributed by atoms with E-state index in [1.165, 1.54) is 23.0 Å². The summed E-state index contributed by atoms with van der Waals surface area (Å²) in [4.78, 5) is 32.2. The fraction of sp³-hybridized carbons (Fsp3) is 0.0667. The zero-order valence-electron chi connectivity index (χ0n) is 11.7. The molecule has 0 aliphatic carbocycles. The summed E-state index contributed by atoms with van der Waals surface area (Å²) in [6.07, 6.45) is 2.53. The van der Waals surface area contributed by atoms with Crippen molar-refractivity contribution in [2.45, 2.75) is 6.54 Å². The molecule has 0 aliphatic rings. The van der Waals surface area contributed by atoms with Crippen LogP contribution in [0.1, 0.15) is 0 Å². The molecule has 0 unspecified atom stereocenters. The molecular weight excluding hydrogens is 339 g/mol. The summed E-state index contributed by atoms with van der Waals surface area (Å²) in [5, 5.41) is 3.15. The molecule has 116 valence electrons. The van der Waals surface area contributed by atoms with Gasteiger partial charge in [0, 0.05) is 12.3 Å². The van der Waals surface area contributed by atoms with Gasteiger partial charge in [0.15, 0.2) is 0 Å². The highest BCUT2D eigenvalue weighted by molar-refractivity contribution is 6.42. The van der Waals surface area contributed by atoms with E-state index >= 15 is 0 Å². The second-order valence-corrected chi connectivity index (χ2v) is 5.52. The number of pyridine rings is 1. The van der Waals surface area contributed by atoms with Crippen LogP contribution in [-0.4, -0.2) is 20.4 Å². The summed E-state index contributed by atoms with van der Waals surface area (Å²) >= 11 is 11.6. The van der Waals surface area contributed by atoms with Crippen molar-refractivity contribution in [2.24, 2.45) is 0 Å². The van der Waals surface area contributed by atoms with Crippen LogP contribution in [-0.2, 0) is 11.3 Å². The molecule has 0 saturated carbocycles. The second-order valence-electron chi connectivity index (χ2n) is 4.70. The van der Waals surface area contributed by atoms with Crippen LogP contribution >= 0.6 is 23.2 Å². The van der Waals surface area contributed by atoms with E-state index in [0.29, 0.717) is 16.1 Å². The molecule has 0 aliphatic heterocycles. The van der Waals surface area contributed by atoms with Gasteiger partial charge in [0.2, 0.25) is 5.91 Å². The van der Waals surface area contributed by atoms with Gasteiger partial charge < -0.3 is 5.32 Å². The summed E-state index contributed by atoms with van der Waals surface area (Å²) in [7, 11) is 0. The highest BCUT2D eigenvalue weighted by Gasteiger charge is 2.10. The van der Waals surface area contributed by atoms with Crippen LogP contribution in [0.15, 0.2) is 47.5 Å². The first kappa shape index (κ1) is 15.5. The Morgan fingerprint density at radius 2 is 1.91 bits per heavy atom. The third-order valence-corrected chi connectivity index (χ3v) is 3.84. The number of halogens is 2. The number of nitrogens with one attached hydrogen (secondary N) is 1. The number of carbonyl (C=O) groups is 1. The zero-order chi connectivity index (χ0) is 16.4. The SMILES string of the molecule is O=C(Cn1c(=O)cnc2ccccc21)Nc1cc(Cl)c(Cl)cn1. The first-order valence-electron chi connectivity index (χ1n) is 6.60. The molecule has 23 heavy (non-hydrogen) atoms. The molecule has 3 aromatic rings. The second kappa shape index (κ2) is 6.36. The molecule has 0 spiro atoms. The highest BCUT2D eigenvalue weighted by atomic mass is 35.5. The number of amides is 1. The Morgan fingerprint density at radius 3 is 2.70 bits per heavy atom. The first-order chi connectivity index (χ1) is 11.0. The number of anilines is 1. The molecule has 6 nitrogen and oxygen atoms in total. The monoisotopic (exact) mass is 348 g/mol. The molecule has 8 heteroatoms. The van der Waals surface area contributed by atoms with Crippen molar-refractivity contribution in [3.8, 4) is 0 Å². The van der Waals surface area contributed by atoms with Gasteiger partial charge in [-0.05, 0) is 12.1 Å². The van der Waals surface area contributed by atoms with Gasteiger partial charge in [-0.15, -0.1) is 0 Å². The summed E-state index contributed by atoms with van der Waals surface area (Å²) in [6.45, 7) is -0.163. The van der Waals surface area contributed by atoms with Gasteiger partial charge in [-0.25, -0.2) is 9.97 Å². The van der Waals surface area contributed by atoms with E-state index in [0.717, 1.165) is 0 Å². The Balaban J connectivity index is 1.87. The Morgan fingerprint density at radius 1 is 1.13 bits per heavy atom. The minimum Gasteiger partial charge on any atom is -0.309 e. The van der Waals surface area contributed by atoms with Crippen molar-refractivity contribution in [3.05, 3.63) is 63.1 Å². The van der Waals surface area contributed by atoms with E-state index in [1.807, 2.05) is 6.07 Å². The molecule has 0 saturated heterocycles. The number of rotatable bonds is 3. The lowest BCUT2D eigenvalue weighted by atomic mass is 10.3. The number of benzene rings is 1. The van der Waals surface area contributed by atoms with Crippen molar-refractivity contribution < 1.29 is 4.79 Å². The molecule has 1 N–H and O–H groups in total. The molecule has 0 atom stereocenters. The van der Waals surface area contributed by atoms with Gasteiger partial charge in [-0.1, -0.05) is 35.3 Å². The molecular formula is C15H10Cl2N4O2. The van der Waals surface area contributed by atoms with E-state index in [-0.39, 0.29) is 22.9 Å². The van der Waals surface area contributed by atoms with E-state index in [9.17, 15) is 9.59 Å². The number of fused-ring (bicyclic) bond motifs is 1. The lowest BCUT2D eigenvalue weighted by Gasteiger charge is -2.10. The predicted octanol–water partition coefficient (Wildman–Crippen LogP) is 2.74. The van der Waals surface area contributed by atoms with Crippen LogP contribution in [0.25, 0.3) is 11.0 Å². The van der Waals surface area contributed by atoms with E-state index in [2.05, 4.69) is 15.3 Å². The number of para-hydroxylation sites is 2. The molecule has 2 aromatic heterocycles. The third-order valence-electron chi connectivity index (χ3n) is 3.13. The lowest BCUT2D eigenvalue weighted by Crippen LogP contribution is -2.28. The van der Waals surface area contributed by atoms with Gasteiger partial charge in [-0.2, -0.15) is 0 Å². The standard InChI is InChI=1S/C15H10Cl2N4O2/c16-9-5-13(19-6-10(9)17)20-14(22)8-21-12-4-2-1-3-11(12)18-7-15(21)23/h1-7H,8H2,(H,19,20,22). The van der Waals surface area contributed by atoms with Gasteiger partial charge in [0.25, 0.3) is 5.56 Å². The van der Waals surface area contributed by atoms with Gasteiger partial charge in [0.05, 0.1) is 27.3 Å². The first-order valence-corrected chi connectivity index (χ1v) is 7.35. The van der Waals surface area contributed by atoms with Crippen LogP contribution in [0, 0.1) is 0 Å². The van der Waals surface area contributed by atoms with Crippen molar-refractivity contribution >= 4 is 46.0 Å². The quantitative estimate of drug-likeness (QED) is 0.789. The smallest absolute Gasteiger partial charge is 0.269 e. The average Bonchev–Trinajstić information content (AvgIpc) is 2.54. The van der Waals surface area contributed by atoms with Crippen molar-refractivity contribution in [1.29, 1.82) is 0 Å². The normalized spacial score (nSPS) is 10.7. The number of aromatic nitrogens is 3. The highest BCUT2D eigenvalue weighted by Crippen LogP contribution is 2.22. The van der Waals surface area contributed by atoms with Gasteiger partial charge in [-0.3, -0.25) is 14.2 Å². The molecule has 1 amide bonds. The minimum absolute atomic E-state index is 0.163. The summed E-state index contributed by atoms with van der Waals surface area (Å²) in [5.41, 5.74) is 0.853. The number of hydrogen-bond acceptors (Lipinski definition) is 4. The maximum absolute atomic E-state index is 12.2. The van der Waals surface area contributed by atoms with Crippen LogP contribution < -0.4 is 10.9 Å². The third kappa shape index (κ3) is 3.33.